The molecule has 0 spiro atoms. The molecular formula is C24H18O10. The third-order valence-electron chi connectivity index (χ3n) is 4.67. The highest BCUT2D eigenvalue weighted by Crippen LogP contribution is 2.22. The van der Waals surface area contributed by atoms with Crippen LogP contribution in [0.2, 0.25) is 0 Å². The molecule has 0 aliphatic heterocycles. The van der Waals surface area contributed by atoms with Gasteiger partial charge in [0.15, 0.2) is 0 Å². The number of carboxylic acid groups (broad SMARTS) is 2. The van der Waals surface area contributed by atoms with Crippen molar-refractivity contribution in [2.45, 2.75) is 13.2 Å². The maximum atomic E-state index is 12.5. The molecule has 3 aromatic carbocycles. The van der Waals surface area contributed by atoms with Gasteiger partial charge in [-0.25, -0.2) is 19.2 Å². The fourth-order valence-corrected chi connectivity index (χ4v) is 2.93. The highest BCUT2D eigenvalue weighted by atomic mass is 16.5. The molecule has 174 valence electrons. The van der Waals surface area contributed by atoms with Crippen molar-refractivity contribution in [1.29, 1.82) is 0 Å². The summed E-state index contributed by atoms with van der Waals surface area (Å²) < 4.78 is 10.2. The van der Waals surface area contributed by atoms with Crippen LogP contribution in [-0.2, 0) is 22.7 Å². The van der Waals surface area contributed by atoms with Crippen molar-refractivity contribution in [3.63, 3.8) is 0 Å². The van der Waals surface area contributed by atoms with E-state index in [9.17, 15) is 39.6 Å². The van der Waals surface area contributed by atoms with Crippen molar-refractivity contribution < 1.29 is 49.1 Å². The first-order valence-corrected chi connectivity index (χ1v) is 9.70. The Balaban J connectivity index is 1.87. The summed E-state index contributed by atoms with van der Waals surface area (Å²) in [6.07, 6.45) is 0. The quantitative estimate of drug-likeness (QED) is 0.362. The lowest BCUT2D eigenvalue weighted by Gasteiger charge is -2.12. The minimum atomic E-state index is -1.58. The van der Waals surface area contributed by atoms with Crippen LogP contribution in [0.4, 0.5) is 0 Å². The summed E-state index contributed by atoms with van der Waals surface area (Å²) >= 11 is 0. The first-order valence-electron chi connectivity index (χ1n) is 9.70. The van der Waals surface area contributed by atoms with Gasteiger partial charge in [-0.05, 0) is 47.5 Å². The van der Waals surface area contributed by atoms with Gasteiger partial charge in [-0.15, -0.1) is 0 Å². The second-order valence-electron chi connectivity index (χ2n) is 7.04. The molecule has 0 fully saturated rings. The van der Waals surface area contributed by atoms with Crippen molar-refractivity contribution in [2.24, 2.45) is 0 Å². The number of ether oxygens (including phenoxy) is 2. The van der Waals surface area contributed by atoms with Crippen molar-refractivity contribution in [3.8, 4) is 11.5 Å². The number of hydrogen-bond acceptors (Lipinski definition) is 8. The Bertz CT molecular complexity index is 1140. The lowest BCUT2D eigenvalue weighted by molar-refractivity contribution is 0.0449. The highest BCUT2D eigenvalue weighted by Gasteiger charge is 2.27. The second-order valence-corrected chi connectivity index (χ2v) is 7.04. The largest absolute Gasteiger partial charge is 0.508 e. The van der Waals surface area contributed by atoms with Gasteiger partial charge in [0.05, 0.1) is 22.3 Å². The Kier molecular flexibility index (Phi) is 7.12. The van der Waals surface area contributed by atoms with Crippen molar-refractivity contribution in [1.82, 2.24) is 0 Å². The minimum Gasteiger partial charge on any atom is -0.508 e. The predicted molar refractivity (Wildman–Crippen MR) is 115 cm³/mol. The summed E-state index contributed by atoms with van der Waals surface area (Å²) in [6, 6.07) is 12.9. The van der Waals surface area contributed by atoms with Gasteiger partial charge >= 0.3 is 23.9 Å². The molecule has 3 aromatic rings. The summed E-state index contributed by atoms with van der Waals surface area (Å²) in [7, 11) is 0. The monoisotopic (exact) mass is 466 g/mol. The summed E-state index contributed by atoms with van der Waals surface area (Å²) in [5.41, 5.74) is -1.40. The average molecular weight is 466 g/mol. The average Bonchev–Trinajstić information content (AvgIpc) is 2.82. The molecule has 0 aliphatic carbocycles. The number of aromatic hydroxyl groups is 2. The van der Waals surface area contributed by atoms with E-state index in [1.807, 2.05) is 0 Å². The summed E-state index contributed by atoms with van der Waals surface area (Å²) in [5, 5.41) is 37.7. The first-order chi connectivity index (χ1) is 16.2. The Morgan fingerprint density at radius 3 is 1.18 bits per heavy atom. The Morgan fingerprint density at radius 2 is 0.882 bits per heavy atom. The molecule has 4 N–H and O–H groups in total. The van der Waals surface area contributed by atoms with Gasteiger partial charge in [0.1, 0.15) is 24.7 Å². The van der Waals surface area contributed by atoms with Crippen molar-refractivity contribution in [3.05, 3.63) is 94.0 Å². The van der Waals surface area contributed by atoms with Gasteiger partial charge in [0.2, 0.25) is 0 Å². The van der Waals surface area contributed by atoms with E-state index in [0.29, 0.717) is 11.1 Å². The van der Waals surface area contributed by atoms with Crippen LogP contribution in [0.3, 0.4) is 0 Å². The number of phenolic OH excluding ortho intramolecular Hbond substituents is 2. The molecule has 0 radical (unpaired) electrons. The number of carbonyl (C=O) groups is 4. The van der Waals surface area contributed by atoms with Crippen molar-refractivity contribution >= 4 is 23.9 Å². The van der Waals surface area contributed by atoms with Crippen LogP contribution in [0.1, 0.15) is 52.6 Å². The smallest absolute Gasteiger partial charge is 0.339 e. The molecule has 3 rings (SSSR count). The van der Waals surface area contributed by atoms with Gasteiger partial charge in [-0.2, -0.15) is 0 Å². The zero-order valence-electron chi connectivity index (χ0n) is 17.4. The molecule has 0 unspecified atom stereocenters. The number of carboxylic acids is 2. The number of esters is 2. The predicted octanol–water partition coefficient (Wildman–Crippen LogP) is 3.21. The minimum absolute atomic E-state index is 0.00206. The molecule has 10 heteroatoms. The molecular weight excluding hydrogens is 448 g/mol. The molecule has 0 amide bonds. The van der Waals surface area contributed by atoms with E-state index < -0.39 is 46.1 Å². The number of phenols is 2. The van der Waals surface area contributed by atoms with Crippen LogP contribution < -0.4 is 0 Å². The molecule has 0 heterocycles. The lowest BCUT2D eigenvalue weighted by atomic mass is 9.98. The maximum Gasteiger partial charge on any atom is 0.339 e. The third-order valence-corrected chi connectivity index (χ3v) is 4.67. The number of carbonyl (C=O) groups excluding carboxylic acids is 2. The fourth-order valence-electron chi connectivity index (χ4n) is 2.93. The fraction of sp³-hybridized carbons (Fsp3) is 0.0833. The Hall–Kier alpha value is -4.86. The lowest BCUT2D eigenvalue weighted by Crippen LogP contribution is -2.18. The van der Waals surface area contributed by atoms with E-state index in [2.05, 4.69) is 0 Å². The summed E-state index contributed by atoms with van der Waals surface area (Å²) in [5.74, 6) is -5.39. The van der Waals surface area contributed by atoms with Crippen LogP contribution in [0.5, 0.6) is 11.5 Å². The molecule has 0 aliphatic rings. The molecule has 0 atom stereocenters. The molecule has 0 aromatic heterocycles. The molecule has 10 nitrogen and oxygen atoms in total. The van der Waals surface area contributed by atoms with Crippen LogP contribution in [0.15, 0.2) is 60.7 Å². The van der Waals surface area contributed by atoms with Gasteiger partial charge in [-0.1, -0.05) is 24.3 Å². The zero-order chi connectivity index (χ0) is 24.8. The van der Waals surface area contributed by atoms with Gasteiger partial charge in [-0.3, -0.25) is 0 Å². The van der Waals surface area contributed by atoms with E-state index >= 15 is 0 Å². The van der Waals surface area contributed by atoms with Crippen molar-refractivity contribution in [2.75, 3.05) is 0 Å². The van der Waals surface area contributed by atoms with Crippen LogP contribution in [0.25, 0.3) is 0 Å². The number of hydrogen-bond donors (Lipinski definition) is 4. The maximum absolute atomic E-state index is 12.5. The number of rotatable bonds is 8. The molecule has 0 bridgehead atoms. The topological polar surface area (TPSA) is 168 Å². The van der Waals surface area contributed by atoms with Gasteiger partial charge in [0, 0.05) is 0 Å². The normalized spacial score (nSPS) is 10.4. The number of benzene rings is 3. The van der Waals surface area contributed by atoms with E-state index in [1.54, 1.807) is 0 Å². The van der Waals surface area contributed by atoms with E-state index in [-0.39, 0.29) is 24.7 Å². The van der Waals surface area contributed by atoms with Gasteiger partial charge < -0.3 is 29.9 Å². The van der Waals surface area contributed by atoms with Crippen LogP contribution >= 0.6 is 0 Å². The van der Waals surface area contributed by atoms with E-state index in [0.717, 1.165) is 12.1 Å². The first kappa shape index (κ1) is 23.8. The zero-order valence-corrected chi connectivity index (χ0v) is 17.4. The Morgan fingerprint density at radius 1 is 0.559 bits per heavy atom. The summed E-state index contributed by atoms with van der Waals surface area (Å²) in [4.78, 5) is 48.6. The second kappa shape index (κ2) is 10.2. The van der Waals surface area contributed by atoms with Crippen LogP contribution in [0, 0.1) is 0 Å². The third kappa shape index (κ3) is 5.68. The van der Waals surface area contributed by atoms with Gasteiger partial charge in [0.25, 0.3) is 0 Å². The molecule has 0 saturated carbocycles. The highest BCUT2D eigenvalue weighted by molar-refractivity contribution is 6.09. The molecule has 0 saturated heterocycles. The standard InChI is InChI=1S/C24H18O10/c25-15-5-1-13(2-6-15)11-33-23(31)19-9-18(22(29)30)20(10-17(19)21(27)28)24(32)34-12-14-3-7-16(26)8-4-14/h1-10,25-26H,11-12H2,(H,27,28)(H,29,30). The van der Waals surface area contributed by atoms with E-state index in [1.165, 1.54) is 48.5 Å². The number of aromatic carboxylic acids is 2. The Labute approximate surface area is 192 Å². The SMILES string of the molecule is O=C(O)c1cc(C(=O)OCc2ccc(O)cc2)c(C(=O)O)cc1C(=O)OCc1ccc(O)cc1. The summed E-state index contributed by atoms with van der Waals surface area (Å²) in [6.45, 7) is -0.534. The van der Waals surface area contributed by atoms with Crippen LogP contribution in [-0.4, -0.2) is 44.3 Å². The van der Waals surface area contributed by atoms with E-state index in [4.69, 9.17) is 9.47 Å². The molecule has 34 heavy (non-hydrogen) atoms.